The zero-order chi connectivity index (χ0) is 12.9. The van der Waals surface area contributed by atoms with Crippen LogP contribution >= 0.6 is 0 Å². The molecule has 0 saturated carbocycles. The van der Waals surface area contributed by atoms with Crippen molar-refractivity contribution in [2.24, 2.45) is 5.73 Å². The van der Waals surface area contributed by atoms with Gasteiger partial charge in [-0.15, -0.1) is 0 Å². The highest BCUT2D eigenvalue weighted by molar-refractivity contribution is 7.90. The fourth-order valence-electron chi connectivity index (χ4n) is 1.11. The molecule has 0 bridgehead atoms. The van der Waals surface area contributed by atoms with Crippen molar-refractivity contribution in [2.75, 3.05) is 12.0 Å². The van der Waals surface area contributed by atoms with Crippen LogP contribution in [0.5, 0.6) is 0 Å². The Kier molecular flexibility index (Phi) is 4.64. The molecule has 3 N–H and O–H groups in total. The second kappa shape index (κ2) is 5.78. The van der Waals surface area contributed by atoms with E-state index in [-0.39, 0.29) is 18.7 Å². The first-order valence-corrected chi connectivity index (χ1v) is 7.05. The molecule has 1 heterocycles. The summed E-state index contributed by atoms with van der Waals surface area (Å²) < 4.78 is 26.4. The summed E-state index contributed by atoms with van der Waals surface area (Å²) in [5, 5.41) is 6.15. The molecule has 1 amide bonds. The van der Waals surface area contributed by atoms with E-state index >= 15 is 0 Å². The summed E-state index contributed by atoms with van der Waals surface area (Å²) in [5.41, 5.74) is 6.12. The summed E-state index contributed by atoms with van der Waals surface area (Å²) in [6.07, 6.45) is 2.60. The number of hydrogen-bond donors (Lipinski definition) is 2. The van der Waals surface area contributed by atoms with Crippen LogP contribution in [0.3, 0.4) is 0 Å². The van der Waals surface area contributed by atoms with Crippen LogP contribution in [0.4, 0.5) is 0 Å². The van der Waals surface area contributed by atoms with E-state index in [0.717, 1.165) is 6.26 Å². The Balaban J connectivity index is 2.32. The van der Waals surface area contributed by atoms with Crippen molar-refractivity contribution in [3.63, 3.8) is 0 Å². The van der Waals surface area contributed by atoms with Crippen molar-refractivity contribution < 1.29 is 17.7 Å². The van der Waals surface area contributed by atoms with Gasteiger partial charge in [0.25, 0.3) is 0 Å². The molecule has 1 aromatic rings. The Labute approximate surface area is 99.3 Å². The minimum Gasteiger partial charge on any atom is -0.364 e. The SMILES string of the molecule is CS(=O)(=O)CCC(N)C(=O)NCc1ccon1. The number of nitrogens with one attached hydrogen (secondary N) is 1. The molecule has 17 heavy (non-hydrogen) atoms. The molecule has 7 nitrogen and oxygen atoms in total. The molecule has 0 aliphatic carbocycles. The molecule has 0 aliphatic rings. The molecule has 0 aromatic carbocycles. The number of sulfone groups is 1. The third kappa shape index (κ3) is 5.45. The smallest absolute Gasteiger partial charge is 0.237 e. The minimum absolute atomic E-state index is 0.101. The summed E-state index contributed by atoms with van der Waals surface area (Å²) in [6, 6.07) is 0.777. The Hall–Kier alpha value is -1.41. The van der Waals surface area contributed by atoms with E-state index in [9.17, 15) is 13.2 Å². The Bertz CT molecular complexity index is 455. The lowest BCUT2D eigenvalue weighted by molar-refractivity contribution is -0.122. The monoisotopic (exact) mass is 261 g/mol. The second-order valence-electron chi connectivity index (χ2n) is 3.73. The molecule has 0 radical (unpaired) electrons. The normalized spacial score (nSPS) is 13.3. The van der Waals surface area contributed by atoms with E-state index in [1.54, 1.807) is 6.07 Å². The number of rotatable bonds is 6. The molecule has 0 fully saturated rings. The van der Waals surface area contributed by atoms with E-state index in [4.69, 9.17) is 5.73 Å². The van der Waals surface area contributed by atoms with Gasteiger partial charge in [0.15, 0.2) is 0 Å². The maximum atomic E-state index is 11.5. The molecule has 96 valence electrons. The van der Waals surface area contributed by atoms with Gasteiger partial charge in [-0.2, -0.15) is 0 Å². The van der Waals surface area contributed by atoms with Gasteiger partial charge in [0.2, 0.25) is 5.91 Å². The number of carbonyl (C=O) groups excluding carboxylic acids is 1. The second-order valence-corrected chi connectivity index (χ2v) is 5.99. The van der Waals surface area contributed by atoms with Crippen molar-refractivity contribution in [2.45, 2.75) is 19.0 Å². The van der Waals surface area contributed by atoms with Gasteiger partial charge in [-0.05, 0) is 6.42 Å². The van der Waals surface area contributed by atoms with E-state index < -0.39 is 21.8 Å². The van der Waals surface area contributed by atoms with Gasteiger partial charge < -0.3 is 15.6 Å². The van der Waals surface area contributed by atoms with Crippen LogP contribution in [0, 0.1) is 0 Å². The highest BCUT2D eigenvalue weighted by atomic mass is 32.2. The molecular formula is C9H15N3O4S. The van der Waals surface area contributed by atoms with Crippen LogP contribution in [-0.2, 0) is 21.2 Å². The van der Waals surface area contributed by atoms with Crippen LogP contribution < -0.4 is 11.1 Å². The zero-order valence-corrected chi connectivity index (χ0v) is 10.2. The minimum atomic E-state index is -3.10. The first-order valence-electron chi connectivity index (χ1n) is 4.99. The van der Waals surface area contributed by atoms with E-state index in [1.165, 1.54) is 6.26 Å². The van der Waals surface area contributed by atoms with E-state index in [2.05, 4.69) is 15.0 Å². The fourth-order valence-corrected chi connectivity index (χ4v) is 1.79. The summed E-state index contributed by atoms with van der Waals surface area (Å²) in [4.78, 5) is 11.5. The lowest BCUT2D eigenvalue weighted by Gasteiger charge is -2.10. The molecule has 0 aliphatic heterocycles. The summed E-state index contributed by atoms with van der Waals surface area (Å²) in [6.45, 7) is 0.210. The van der Waals surface area contributed by atoms with Crippen molar-refractivity contribution >= 4 is 15.7 Å². The van der Waals surface area contributed by atoms with E-state index in [0.29, 0.717) is 5.69 Å². The maximum absolute atomic E-state index is 11.5. The van der Waals surface area contributed by atoms with Crippen LogP contribution in [0.25, 0.3) is 0 Å². The first-order chi connectivity index (χ1) is 7.88. The quantitative estimate of drug-likeness (QED) is 0.682. The van der Waals surface area contributed by atoms with Crippen molar-refractivity contribution in [3.8, 4) is 0 Å². The zero-order valence-electron chi connectivity index (χ0n) is 9.42. The van der Waals surface area contributed by atoms with Crippen LogP contribution in [0.1, 0.15) is 12.1 Å². The van der Waals surface area contributed by atoms with Crippen LogP contribution in [-0.4, -0.2) is 37.5 Å². The predicted octanol–water partition coefficient (Wildman–Crippen LogP) is -0.947. The molecule has 1 atom stereocenters. The molecule has 0 saturated heterocycles. The largest absolute Gasteiger partial charge is 0.364 e. The van der Waals surface area contributed by atoms with Crippen molar-refractivity contribution in [3.05, 3.63) is 18.0 Å². The average molecular weight is 261 g/mol. The molecule has 1 rings (SSSR count). The summed E-state index contributed by atoms with van der Waals surface area (Å²) >= 11 is 0. The highest BCUT2D eigenvalue weighted by Crippen LogP contribution is 1.96. The lowest BCUT2D eigenvalue weighted by Crippen LogP contribution is -2.41. The standard InChI is InChI=1S/C9H15N3O4S/c1-17(14,15)5-3-8(10)9(13)11-6-7-2-4-16-12-7/h2,4,8H,3,5-6,10H2,1H3,(H,11,13). The Morgan fingerprint density at radius 1 is 1.65 bits per heavy atom. The molecule has 1 aromatic heterocycles. The molecule has 8 heteroatoms. The Morgan fingerprint density at radius 2 is 2.35 bits per heavy atom. The summed E-state index contributed by atoms with van der Waals surface area (Å²) in [7, 11) is -3.10. The number of aromatic nitrogens is 1. The highest BCUT2D eigenvalue weighted by Gasteiger charge is 2.15. The van der Waals surface area contributed by atoms with Gasteiger partial charge in [-0.25, -0.2) is 8.42 Å². The molecule has 0 spiro atoms. The van der Waals surface area contributed by atoms with Gasteiger partial charge >= 0.3 is 0 Å². The predicted molar refractivity (Wildman–Crippen MR) is 60.7 cm³/mol. The third-order valence-corrected chi connectivity index (χ3v) is 3.05. The van der Waals surface area contributed by atoms with Gasteiger partial charge in [0.05, 0.1) is 18.3 Å². The number of nitrogens with zero attached hydrogens (tertiary/aromatic N) is 1. The number of amides is 1. The van der Waals surface area contributed by atoms with Gasteiger partial charge in [-0.1, -0.05) is 5.16 Å². The third-order valence-electron chi connectivity index (χ3n) is 2.07. The van der Waals surface area contributed by atoms with Gasteiger partial charge in [-0.3, -0.25) is 4.79 Å². The average Bonchev–Trinajstić information content (AvgIpc) is 2.74. The maximum Gasteiger partial charge on any atom is 0.237 e. The van der Waals surface area contributed by atoms with Gasteiger partial charge in [0.1, 0.15) is 21.8 Å². The van der Waals surface area contributed by atoms with Gasteiger partial charge in [0, 0.05) is 12.3 Å². The van der Waals surface area contributed by atoms with Crippen LogP contribution in [0.2, 0.25) is 0 Å². The first kappa shape index (κ1) is 13.7. The molecular weight excluding hydrogens is 246 g/mol. The lowest BCUT2D eigenvalue weighted by atomic mass is 10.2. The molecule has 1 unspecified atom stereocenters. The number of carbonyl (C=O) groups is 1. The summed E-state index contributed by atoms with van der Waals surface area (Å²) in [5.74, 6) is -0.511. The van der Waals surface area contributed by atoms with E-state index in [1.807, 2.05) is 0 Å². The number of hydrogen-bond acceptors (Lipinski definition) is 6. The van der Waals surface area contributed by atoms with Crippen LogP contribution in [0.15, 0.2) is 16.9 Å². The van der Waals surface area contributed by atoms with Crippen molar-refractivity contribution in [1.29, 1.82) is 0 Å². The van der Waals surface area contributed by atoms with Crippen molar-refractivity contribution in [1.82, 2.24) is 10.5 Å². The fraction of sp³-hybridized carbons (Fsp3) is 0.556. The Morgan fingerprint density at radius 3 is 2.88 bits per heavy atom. The number of nitrogens with two attached hydrogens (primary N) is 1. The topological polar surface area (TPSA) is 115 Å².